The summed E-state index contributed by atoms with van der Waals surface area (Å²) >= 11 is 1.89. The van der Waals surface area contributed by atoms with E-state index in [2.05, 4.69) is 5.10 Å². The molecule has 0 amide bonds. The molecule has 1 aliphatic rings. The van der Waals surface area contributed by atoms with Crippen LogP contribution in [-0.4, -0.2) is 29.7 Å². The van der Waals surface area contributed by atoms with Gasteiger partial charge in [0.15, 0.2) is 5.03 Å². The van der Waals surface area contributed by atoms with Gasteiger partial charge in [0.05, 0.1) is 12.2 Å². The van der Waals surface area contributed by atoms with Gasteiger partial charge in [0, 0.05) is 10.7 Å². The molecule has 0 N–H and O–H groups in total. The van der Waals surface area contributed by atoms with Crippen LogP contribution in [0.3, 0.4) is 0 Å². The molecule has 0 aliphatic carbocycles. The summed E-state index contributed by atoms with van der Waals surface area (Å²) in [6, 6.07) is 1.62. The molecule has 4 nitrogen and oxygen atoms in total. The summed E-state index contributed by atoms with van der Waals surface area (Å²) in [7, 11) is 1.66. The van der Waals surface area contributed by atoms with Crippen LogP contribution >= 0.6 is 22.4 Å². The molecule has 0 unspecified atom stereocenters. The summed E-state index contributed by atoms with van der Waals surface area (Å²) in [5.74, 6) is 2.10. The minimum atomic E-state index is -3.67. The zero-order chi connectivity index (χ0) is 10.9. The molecule has 0 aromatic carbocycles. The molecule has 7 heteroatoms. The van der Waals surface area contributed by atoms with Crippen LogP contribution in [-0.2, 0) is 9.05 Å². The van der Waals surface area contributed by atoms with Gasteiger partial charge in [0.2, 0.25) is 0 Å². The SMILES string of the molecule is O=S(=O)(Cl)c1ccnn1C1CCSCC1. The first-order valence-electron chi connectivity index (χ1n) is 4.65. The van der Waals surface area contributed by atoms with Gasteiger partial charge in [0.1, 0.15) is 0 Å². The lowest BCUT2D eigenvalue weighted by Crippen LogP contribution is -2.19. The molecule has 0 saturated carbocycles. The maximum absolute atomic E-state index is 11.3. The predicted molar refractivity (Wildman–Crippen MR) is 60.9 cm³/mol. The van der Waals surface area contributed by atoms with Gasteiger partial charge >= 0.3 is 0 Å². The number of hydrogen-bond acceptors (Lipinski definition) is 4. The quantitative estimate of drug-likeness (QED) is 0.767. The minimum Gasteiger partial charge on any atom is -0.250 e. The van der Waals surface area contributed by atoms with Crippen molar-refractivity contribution in [1.82, 2.24) is 9.78 Å². The minimum absolute atomic E-state index is 0.112. The van der Waals surface area contributed by atoms with Crippen LogP contribution in [0.4, 0.5) is 0 Å². The molecule has 2 heterocycles. The highest BCUT2D eigenvalue weighted by Gasteiger charge is 2.23. The molecule has 1 aromatic rings. The third-order valence-electron chi connectivity index (χ3n) is 2.42. The Morgan fingerprint density at radius 1 is 1.47 bits per heavy atom. The molecular formula is C8H11ClN2O2S2. The lowest BCUT2D eigenvalue weighted by molar-refractivity contribution is 0.395. The average Bonchev–Trinajstić information content (AvgIpc) is 2.67. The maximum atomic E-state index is 11.3. The maximum Gasteiger partial charge on any atom is 0.278 e. The second-order valence-corrected chi connectivity index (χ2v) is 7.13. The number of halogens is 1. The van der Waals surface area contributed by atoms with Gasteiger partial charge in [-0.05, 0) is 30.4 Å². The van der Waals surface area contributed by atoms with Gasteiger partial charge in [-0.1, -0.05) is 0 Å². The Balaban J connectivity index is 2.32. The largest absolute Gasteiger partial charge is 0.278 e. The zero-order valence-electron chi connectivity index (χ0n) is 7.97. The summed E-state index contributed by atoms with van der Waals surface area (Å²) in [5, 5.41) is 4.16. The van der Waals surface area contributed by atoms with Crippen molar-refractivity contribution in [3.8, 4) is 0 Å². The highest BCUT2D eigenvalue weighted by atomic mass is 35.7. The van der Waals surface area contributed by atoms with Crippen LogP contribution in [0.5, 0.6) is 0 Å². The highest BCUT2D eigenvalue weighted by Crippen LogP contribution is 2.29. The van der Waals surface area contributed by atoms with Gasteiger partial charge in [-0.3, -0.25) is 0 Å². The molecule has 1 aromatic heterocycles. The van der Waals surface area contributed by atoms with Crippen LogP contribution < -0.4 is 0 Å². The number of hydrogen-bond donors (Lipinski definition) is 0. The molecular weight excluding hydrogens is 256 g/mol. The van der Waals surface area contributed by atoms with Crippen LogP contribution in [0, 0.1) is 0 Å². The van der Waals surface area contributed by atoms with Gasteiger partial charge in [-0.15, -0.1) is 0 Å². The number of aromatic nitrogens is 2. The van der Waals surface area contributed by atoms with E-state index >= 15 is 0 Å². The molecule has 0 bridgehead atoms. The summed E-state index contributed by atoms with van der Waals surface area (Å²) in [4.78, 5) is 0. The predicted octanol–water partition coefficient (Wildman–Crippen LogP) is 1.88. The second kappa shape index (κ2) is 4.35. The smallest absolute Gasteiger partial charge is 0.250 e. The Morgan fingerprint density at radius 2 is 2.13 bits per heavy atom. The Bertz CT molecular complexity index is 437. The molecule has 84 valence electrons. The van der Waals surface area contributed by atoms with Crippen LogP contribution in [0.2, 0.25) is 0 Å². The van der Waals surface area contributed by atoms with E-state index in [-0.39, 0.29) is 11.1 Å². The van der Waals surface area contributed by atoms with Crippen molar-refractivity contribution < 1.29 is 8.42 Å². The molecule has 1 fully saturated rings. The molecule has 0 radical (unpaired) electrons. The van der Waals surface area contributed by atoms with Crippen LogP contribution in [0.25, 0.3) is 0 Å². The average molecular weight is 267 g/mol. The first-order valence-corrected chi connectivity index (χ1v) is 8.11. The zero-order valence-corrected chi connectivity index (χ0v) is 10.4. The van der Waals surface area contributed by atoms with Gasteiger partial charge in [-0.25, -0.2) is 13.1 Å². The first-order chi connectivity index (χ1) is 7.09. The summed E-state index contributed by atoms with van der Waals surface area (Å²) < 4.78 is 24.1. The molecule has 15 heavy (non-hydrogen) atoms. The van der Waals surface area contributed by atoms with Crippen molar-refractivity contribution in [2.75, 3.05) is 11.5 Å². The van der Waals surface area contributed by atoms with Crippen molar-refractivity contribution >= 4 is 31.5 Å². The summed E-state index contributed by atoms with van der Waals surface area (Å²) in [6.07, 6.45) is 3.38. The topological polar surface area (TPSA) is 52.0 Å². The third-order valence-corrected chi connectivity index (χ3v) is 4.77. The molecule has 2 rings (SSSR count). The molecule has 0 atom stereocenters. The first kappa shape index (κ1) is 11.3. The van der Waals surface area contributed by atoms with Crippen molar-refractivity contribution in [2.45, 2.75) is 23.9 Å². The van der Waals surface area contributed by atoms with Crippen LogP contribution in [0.15, 0.2) is 17.3 Å². The van der Waals surface area contributed by atoms with E-state index in [0.29, 0.717) is 0 Å². The molecule has 1 saturated heterocycles. The monoisotopic (exact) mass is 266 g/mol. The van der Waals surface area contributed by atoms with E-state index in [0.717, 1.165) is 24.3 Å². The lowest BCUT2D eigenvalue weighted by atomic mass is 10.2. The number of thioether (sulfide) groups is 1. The molecule has 1 aliphatic heterocycles. The van der Waals surface area contributed by atoms with Gasteiger partial charge in [-0.2, -0.15) is 16.9 Å². The van der Waals surface area contributed by atoms with Crippen LogP contribution in [0.1, 0.15) is 18.9 Å². The Hall–Kier alpha value is -0.200. The fourth-order valence-electron chi connectivity index (χ4n) is 1.70. The van der Waals surface area contributed by atoms with Crippen molar-refractivity contribution in [3.05, 3.63) is 12.3 Å². The second-order valence-electron chi connectivity index (χ2n) is 3.40. The fraction of sp³-hybridized carbons (Fsp3) is 0.625. The van der Waals surface area contributed by atoms with E-state index in [1.807, 2.05) is 11.8 Å². The van der Waals surface area contributed by atoms with E-state index in [4.69, 9.17) is 10.7 Å². The Morgan fingerprint density at radius 3 is 2.73 bits per heavy atom. The standard InChI is InChI=1S/C8H11ClN2O2S2/c9-15(12,13)8-1-4-10-11(8)7-2-5-14-6-3-7/h1,4,7H,2-3,5-6H2. The number of nitrogens with zero attached hydrogens (tertiary/aromatic N) is 2. The number of rotatable bonds is 2. The fourth-order valence-corrected chi connectivity index (χ4v) is 3.79. The normalized spacial score (nSPS) is 19.3. The van der Waals surface area contributed by atoms with Gasteiger partial charge < -0.3 is 0 Å². The lowest BCUT2D eigenvalue weighted by Gasteiger charge is -2.22. The Labute approximate surface area is 97.4 Å². The van der Waals surface area contributed by atoms with Crippen molar-refractivity contribution in [3.63, 3.8) is 0 Å². The highest BCUT2D eigenvalue weighted by molar-refractivity contribution is 8.13. The van der Waals surface area contributed by atoms with Crippen molar-refractivity contribution in [1.29, 1.82) is 0 Å². The Kier molecular flexibility index (Phi) is 3.27. The molecule has 0 spiro atoms. The van der Waals surface area contributed by atoms with E-state index in [9.17, 15) is 8.42 Å². The van der Waals surface area contributed by atoms with Gasteiger partial charge in [0.25, 0.3) is 9.05 Å². The van der Waals surface area contributed by atoms with E-state index in [1.165, 1.54) is 12.3 Å². The van der Waals surface area contributed by atoms with E-state index in [1.54, 1.807) is 4.68 Å². The third kappa shape index (κ3) is 2.49. The summed E-state index contributed by atoms with van der Waals surface area (Å²) in [6.45, 7) is 0. The summed E-state index contributed by atoms with van der Waals surface area (Å²) in [5.41, 5.74) is 0. The van der Waals surface area contributed by atoms with Crippen molar-refractivity contribution in [2.24, 2.45) is 0 Å². The van der Waals surface area contributed by atoms with E-state index < -0.39 is 9.05 Å².